The number of aromatic nitrogens is 1. The van der Waals surface area contributed by atoms with Gasteiger partial charge in [0.25, 0.3) is 0 Å². The molecule has 2 heterocycles. The van der Waals surface area contributed by atoms with Crippen molar-refractivity contribution in [3.63, 3.8) is 0 Å². The van der Waals surface area contributed by atoms with E-state index in [4.69, 9.17) is 4.74 Å². The molecule has 1 saturated heterocycles. The van der Waals surface area contributed by atoms with Crippen LogP contribution in [0.3, 0.4) is 0 Å². The predicted molar refractivity (Wildman–Crippen MR) is 74.9 cm³/mol. The molecule has 1 fully saturated rings. The highest BCUT2D eigenvalue weighted by molar-refractivity contribution is 7.09. The summed E-state index contributed by atoms with van der Waals surface area (Å²) in [5.41, 5.74) is 3.06. The molecule has 2 N–H and O–H groups in total. The summed E-state index contributed by atoms with van der Waals surface area (Å²) in [5.74, 6) is 0.588. The minimum atomic E-state index is 0.514. The van der Waals surface area contributed by atoms with Crippen molar-refractivity contribution in [2.24, 2.45) is 5.92 Å². The second-order valence-corrected chi connectivity index (χ2v) is 5.79. The third-order valence-electron chi connectivity index (χ3n) is 3.39. The number of nitrogens with zero attached hydrogens (tertiary/aromatic N) is 1. The minimum absolute atomic E-state index is 0.514. The van der Waals surface area contributed by atoms with E-state index >= 15 is 0 Å². The van der Waals surface area contributed by atoms with Gasteiger partial charge in [0, 0.05) is 29.9 Å². The van der Waals surface area contributed by atoms with Gasteiger partial charge in [-0.25, -0.2) is 4.98 Å². The summed E-state index contributed by atoms with van der Waals surface area (Å²) in [6.07, 6.45) is 1.18. The molecule has 5 heteroatoms. The van der Waals surface area contributed by atoms with Crippen LogP contribution >= 0.6 is 11.3 Å². The molecule has 1 aromatic rings. The number of hydrogen-bond donors (Lipinski definition) is 2. The molecular weight excluding hydrogens is 246 g/mol. The Kier molecular flexibility index (Phi) is 5.56. The second-order valence-electron chi connectivity index (χ2n) is 4.85. The van der Waals surface area contributed by atoms with E-state index in [0.29, 0.717) is 12.0 Å². The Morgan fingerprint density at radius 2 is 2.39 bits per heavy atom. The lowest BCUT2D eigenvalue weighted by molar-refractivity contribution is 0.182. The van der Waals surface area contributed by atoms with Crippen LogP contribution in [0.5, 0.6) is 0 Å². The van der Waals surface area contributed by atoms with E-state index in [1.807, 2.05) is 5.51 Å². The average Bonchev–Trinajstić information content (AvgIpc) is 2.97. The van der Waals surface area contributed by atoms with Crippen molar-refractivity contribution < 1.29 is 4.74 Å². The number of thiazole rings is 1. The van der Waals surface area contributed by atoms with Gasteiger partial charge in [-0.05, 0) is 19.9 Å². The molecular formula is C13H23N3OS. The SMILES string of the molecule is CCCNC1COCC1CNCc1scnc1C. The van der Waals surface area contributed by atoms with Crippen molar-refractivity contribution in [1.82, 2.24) is 15.6 Å². The van der Waals surface area contributed by atoms with E-state index in [0.717, 1.165) is 38.5 Å². The number of nitrogens with one attached hydrogen (secondary N) is 2. The monoisotopic (exact) mass is 269 g/mol. The van der Waals surface area contributed by atoms with Crippen LogP contribution in [0.15, 0.2) is 5.51 Å². The van der Waals surface area contributed by atoms with Crippen molar-refractivity contribution in [3.8, 4) is 0 Å². The first-order chi connectivity index (χ1) is 8.81. The van der Waals surface area contributed by atoms with Crippen LogP contribution in [0.1, 0.15) is 23.9 Å². The van der Waals surface area contributed by atoms with E-state index in [9.17, 15) is 0 Å². The van der Waals surface area contributed by atoms with Crippen LogP contribution in [-0.4, -0.2) is 37.3 Å². The Balaban J connectivity index is 1.71. The van der Waals surface area contributed by atoms with Gasteiger partial charge in [-0.3, -0.25) is 0 Å². The van der Waals surface area contributed by atoms with Gasteiger partial charge in [0.1, 0.15) is 0 Å². The Bertz CT molecular complexity index is 356. The van der Waals surface area contributed by atoms with Gasteiger partial charge in [0.05, 0.1) is 24.4 Å². The number of aryl methyl sites for hydroxylation is 1. The number of hydrogen-bond acceptors (Lipinski definition) is 5. The van der Waals surface area contributed by atoms with E-state index < -0.39 is 0 Å². The predicted octanol–water partition coefficient (Wildman–Crippen LogP) is 1.56. The molecule has 0 aliphatic carbocycles. The van der Waals surface area contributed by atoms with Crippen molar-refractivity contribution in [2.75, 3.05) is 26.3 Å². The molecule has 0 radical (unpaired) electrons. The lowest BCUT2D eigenvalue weighted by Crippen LogP contribution is -2.40. The second kappa shape index (κ2) is 7.19. The van der Waals surface area contributed by atoms with Crippen LogP contribution in [0.2, 0.25) is 0 Å². The molecule has 0 bridgehead atoms. The van der Waals surface area contributed by atoms with E-state index in [1.165, 1.54) is 11.3 Å². The van der Waals surface area contributed by atoms with Gasteiger partial charge in [0.2, 0.25) is 0 Å². The van der Waals surface area contributed by atoms with Crippen LogP contribution in [0, 0.1) is 12.8 Å². The van der Waals surface area contributed by atoms with Crippen molar-refractivity contribution in [3.05, 3.63) is 16.1 Å². The largest absolute Gasteiger partial charge is 0.379 e. The maximum Gasteiger partial charge on any atom is 0.0798 e. The lowest BCUT2D eigenvalue weighted by Gasteiger charge is -2.19. The van der Waals surface area contributed by atoms with Crippen LogP contribution in [0.25, 0.3) is 0 Å². The molecule has 2 rings (SSSR count). The third-order valence-corrected chi connectivity index (χ3v) is 4.33. The number of rotatable bonds is 7. The van der Waals surface area contributed by atoms with Gasteiger partial charge < -0.3 is 15.4 Å². The quantitative estimate of drug-likeness (QED) is 0.788. The summed E-state index contributed by atoms with van der Waals surface area (Å²) in [5, 5.41) is 7.09. The van der Waals surface area contributed by atoms with Gasteiger partial charge in [-0.15, -0.1) is 11.3 Å². The minimum Gasteiger partial charge on any atom is -0.379 e. The summed E-state index contributed by atoms with van der Waals surface area (Å²) in [6.45, 7) is 9.01. The van der Waals surface area contributed by atoms with Crippen molar-refractivity contribution >= 4 is 11.3 Å². The Morgan fingerprint density at radius 1 is 1.50 bits per heavy atom. The highest BCUT2D eigenvalue weighted by atomic mass is 32.1. The summed E-state index contributed by atoms with van der Waals surface area (Å²) in [6, 6.07) is 0.514. The van der Waals surface area contributed by atoms with Gasteiger partial charge in [-0.1, -0.05) is 6.92 Å². The Labute approximate surface area is 113 Å². The fraction of sp³-hybridized carbons (Fsp3) is 0.769. The highest BCUT2D eigenvalue weighted by Crippen LogP contribution is 2.14. The standard InChI is InChI=1S/C13H23N3OS/c1-3-4-15-12-8-17-7-11(12)5-14-6-13-10(2)16-9-18-13/h9,11-12,14-15H,3-8H2,1-2H3. The first kappa shape index (κ1) is 13.9. The molecule has 0 aromatic carbocycles. The first-order valence-electron chi connectivity index (χ1n) is 6.72. The number of ether oxygens (including phenoxy) is 1. The van der Waals surface area contributed by atoms with Gasteiger partial charge in [-0.2, -0.15) is 0 Å². The van der Waals surface area contributed by atoms with Gasteiger partial charge in [0.15, 0.2) is 0 Å². The van der Waals surface area contributed by atoms with Gasteiger partial charge >= 0.3 is 0 Å². The Morgan fingerprint density at radius 3 is 3.11 bits per heavy atom. The lowest BCUT2D eigenvalue weighted by atomic mass is 10.0. The maximum absolute atomic E-state index is 5.57. The topological polar surface area (TPSA) is 46.2 Å². The zero-order valence-corrected chi connectivity index (χ0v) is 12.1. The molecule has 0 amide bonds. The zero-order valence-electron chi connectivity index (χ0n) is 11.2. The molecule has 1 aliphatic heterocycles. The summed E-state index contributed by atoms with van der Waals surface area (Å²) >= 11 is 1.73. The summed E-state index contributed by atoms with van der Waals surface area (Å²) in [4.78, 5) is 5.60. The summed E-state index contributed by atoms with van der Waals surface area (Å²) in [7, 11) is 0. The molecule has 0 saturated carbocycles. The maximum atomic E-state index is 5.57. The van der Waals surface area contributed by atoms with Crippen LogP contribution in [-0.2, 0) is 11.3 Å². The van der Waals surface area contributed by atoms with E-state index in [-0.39, 0.29) is 0 Å². The normalized spacial score (nSPS) is 23.7. The smallest absolute Gasteiger partial charge is 0.0798 e. The average molecular weight is 269 g/mol. The third kappa shape index (κ3) is 3.75. The molecule has 1 aromatic heterocycles. The molecule has 2 unspecified atom stereocenters. The van der Waals surface area contributed by atoms with Crippen molar-refractivity contribution in [2.45, 2.75) is 32.9 Å². The summed E-state index contributed by atoms with van der Waals surface area (Å²) < 4.78 is 5.57. The van der Waals surface area contributed by atoms with E-state index in [2.05, 4.69) is 29.5 Å². The molecule has 102 valence electrons. The zero-order chi connectivity index (χ0) is 12.8. The Hall–Kier alpha value is -0.490. The molecule has 2 atom stereocenters. The van der Waals surface area contributed by atoms with Crippen molar-refractivity contribution in [1.29, 1.82) is 0 Å². The molecule has 1 aliphatic rings. The first-order valence-corrected chi connectivity index (χ1v) is 7.60. The fourth-order valence-corrected chi connectivity index (χ4v) is 2.97. The molecule has 4 nitrogen and oxygen atoms in total. The highest BCUT2D eigenvalue weighted by Gasteiger charge is 2.26. The molecule has 0 spiro atoms. The van der Waals surface area contributed by atoms with Crippen LogP contribution < -0.4 is 10.6 Å². The fourth-order valence-electron chi connectivity index (χ4n) is 2.22. The molecule has 18 heavy (non-hydrogen) atoms. The van der Waals surface area contributed by atoms with E-state index in [1.54, 1.807) is 11.3 Å². The van der Waals surface area contributed by atoms with Crippen LogP contribution in [0.4, 0.5) is 0 Å².